The Hall–Kier alpha value is -1.07. The molecular formula is C13H18N2O2S. The second-order valence-electron chi connectivity index (χ2n) is 4.34. The molecular weight excluding hydrogens is 248 g/mol. The predicted octanol–water partition coefficient (Wildman–Crippen LogP) is 1.96. The molecule has 1 atom stereocenters. The van der Waals surface area contributed by atoms with Gasteiger partial charge in [0.15, 0.2) is 0 Å². The van der Waals surface area contributed by atoms with Crippen LogP contribution in [-0.2, 0) is 15.4 Å². The first-order valence-electron chi connectivity index (χ1n) is 6.32. The fourth-order valence-corrected chi connectivity index (χ4v) is 2.50. The lowest BCUT2D eigenvalue weighted by atomic mass is 10.2. The van der Waals surface area contributed by atoms with E-state index in [1.165, 1.54) is 17.6 Å². The maximum atomic E-state index is 11.6. The van der Waals surface area contributed by atoms with Crippen molar-refractivity contribution in [2.45, 2.75) is 31.7 Å². The Morgan fingerprint density at radius 3 is 3.28 bits per heavy atom. The molecule has 1 aromatic heterocycles. The summed E-state index contributed by atoms with van der Waals surface area (Å²) in [6, 6.07) is 3.91. The Labute approximate surface area is 112 Å². The fourth-order valence-electron chi connectivity index (χ4n) is 1.92. The van der Waals surface area contributed by atoms with Gasteiger partial charge in [-0.05, 0) is 43.9 Å². The van der Waals surface area contributed by atoms with Gasteiger partial charge in [0, 0.05) is 18.1 Å². The number of nitrogens with zero attached hydrogens (tertiary/aromatic N) is 1. The summed E-state index contributed by atoms with van der Waals surface area (Å²) in [5.74, 6) is 0.701. The van der Waals surface area contributed by atoms with Crippen molar-refractivity contribution in [3.8, 4) is 0 Å². The smallest absolute Gasteiger partial charge is 0.335 e. The minimum absolute atomic E-state index is 0.0872. The molecule has 1 aliphatic heterocycles. The van der Waals surface area contributed by atoms with Gasteiger partial charge in [0.05, 0.1) is 12.0 Å². The highest BCUT2D eigenvalue weighted by Gasteiger charge is 2.23. The van der Waals surface area contributed by atoms with Crippen LogP contribution in [0.1, 0.15) is 24.8 Å². The molecule has 2 rings (SSSR count). The predicted molar refractivity (Wildman–Crippen MR) is 72.1 cm³/mol. The molecule has 5 heteroatoms. The molecule has 1 N–H and O–H groups in total. The molecule has 1 saturated heterocycles. The van der Waals surface area contributed by atoms with Crippen molar-refractivity contribution in [2.24, 2.45) is 0 Å². The van der Waals surface area contributed by atoms with Crippen molar-refractivity contribution in [1.82, 2.24) is 10.3 Å². The summed E-state index contributed by atoms with van der Waals surface area (Å²) in [6.45, 7) is 0.922. The molecule has 2 heterocycles. The average molecular weight is 266 g/mol. The first-order valence-corrected chi connectivity index (χ1v) is 7.23. The largest absolute Gasteiger partial charge is 0.390 e. The zero-order valence-electron chi connectivity index (χ0n) is 10.3. The second kappa shape index (κ2) is 7.38. The Morgan fingerprint density at radius 2 is 2.56 bits per heavy atom. The van der Waals surface area contributed by atoms with E-state index in [2.05, 4.69) is 16.4 Å². The minimum Gasteiger partial charge on any atom is -0.390 e. The lowest BCUT2D eigenvalue weighted by Gasteiger charge is -2.08. The van der Waals surface area contributed by atoms with Gasteiger partial charge in [-0.3, -0.25) is 4.98 Å². The molecule has 98 valence electrons. The van der Waals surface area contributed by atoms with Gasteiger partial charge in [-0.2, -0.15) is 0 Å². The number of aromatic nitrogens is 1. The Bertz CT molecular complexity index is 367. The second-order valence-corrected chi connectivity index (χ2v) is 5.15. The van der Waals surface area contributed by atoms with E-state index in [-0.39, 0.29) is 12.0 Å². The molecule has 18 heavy (non-hydrogen) atoms. The highest BCUT2D eigenvalue weighted by Crippen LogP contribution is 2.13. The van der Waals surface area contributed by atoms with E-state index in [0.29, 0.717) is 0 Å². The molecule has 1 unspecified atom stereocenters. The third kappa shape index (κ3) is 4.31. The number of hydrogen-bond donors (Lipinski definition) is 1. The van der Waals surface area contributed by atoms with Crippen LogP contribution in [-0.4, -0.2) is 29.3 Å². The summed E-state index contributed by atoms with van der Waals surface area (Å²) >= 11 is 1.26. The van der Waals surface area contributed by atoms with Crippen LogP contribution in [0.15, 0.2) is 24.5 Å². The molecule has 1 aliphatic rings. The zero-order valence-corrected chi connectivity index (χ0v) is 11.1. The van der Waals surface area contributed by atoms with Crippen LogP contribution >= 0.6 is 12.0 Å². The summed E-state index contributed by atoms with van der Waals surface area (Å²) in [5, 5.41) is 3.13. The van der Waals surface area contributed by atoms with Gasteiger partial charge in [-0.15, -0.1) is 0 Å². The maximum absolute atomic E-state index is 11.6. The normalized spacial score (nSPS) is 18.8. The fraction of sp³-hybridized carbons (Fsp3) is 0.538. The van der Waals surface area contributed by atoms with Gasteiger partial charge in [0.2, 0.25) is 0 Å². The van der Waals surface area contributed by atoms with Crippen molar-refractivity contribution in [2.75, 3.05) is 12.3 Å². The highest BCUT2D eigenvalue weighted by molar-refractivity contribution is 7.95. The van der Waals surface area contributed by atoms with E-state index >= 15 is 0 Å². The number of nitrogens with one attached hydrogen (secondary N) is 1. The molecule has 0 aromatic carbocycles. The lowest BCUT2D eigenvalue weighted by Crippen LogP contribution is -2.31. The number of aryl methyl sites for hydroxylation is 1. The van der Waals surface area contributed by atoms with Crippen molar-refractivity contribution in [3.05, 3.63) is 30.1 Å². The third-order valence-corrected chi connectivity index (χ3v) is 3.64. The average Bonchev–Trinajstić information content (AvgIpc) is 2.93. The van der Waals surface area contributed by atoms with E-state index in [4.69, 9.17) is 4.18 Å². The monoisotopic (exact) mass is 266 g/mol. The minimum atomic E-state index is -0.126. The molecule has 0 saturated carbocycles. The molecule has 0 radical (unpaired) electrons. The van der Waals surface area contributed by atoms with Crippen LogP contribution in [0, 0.1) is 0 Å². The van der Waals surface area contributed by atoms with Crippen molar-refractivity contribution in [3.63, 3.8) is 0 Å². The van der Waals surface area contributed by atoms with Gasteiger partial charge in [0.25, 0.3) is 0 Å². The molecule has 0 amide bonds. The van der Waals surface area contributed by atoms with Crippen LogP contribution in [0.3, 0.4) is 0 Å². The van der Waals surface area contributed by atoms with Crippen LogP contribution < -0.4 is 5.32 Å². The number of rotatable bonds is 6. The molecule has 1 fully saturated rings. The molecule has 4 nitrogen and oxygen atoms in total. The topological polar surface area (TPSA) is 51.2 Å². The zero-order chi connectivity index (χ0) is 12.6. The molecule has 0 bridgehead atoms. The van der Waals surface area contributed by atoms with Crippen molar-refractivity contribution < 1.29 is 8.98 Å². The molecule has 1 aromatic rings. The van der Waals surface area contributed by atoms with Gasteiger partial charge in [-0.25, -0.2) is 4.79 Å². The number of carbonyl (C=O) groups is 1. The standard InChI is InChI=1S/C13H18N2O2S/c16-13(12-6-2-8-15-12)17-18-9-3-5-11-4-1-7-14-10-11/h1,4,7,10,12,15H,2-3,5-6,8-9H2. The van der Waals surface area contributed by atoms with Crippen LogP contribution in [0.2, 0.25) is 0 Å². The van der Waals surface area contributed by atoms with Crippen LogP contribution in [0.25, 0.3) is 0 Å². The summed E-state index contributed by atoms with van der Waals surface area (Å²) < 4.78 is 5.16. The van der Waals surface area contributed by atoms with Crippen LogP contribution in [0.5, 0.6) is 0 Å². The maximum Gasteiger partial charge on any atom is 0.335 e. The van der Waals surface area contributed by atoms with Gasteiger partial charge >= 0.3 is 5.97 Å². The van der Waals surface area contributed by atoms with E-state index in [0.717, 1.165) is 38.0 Å². The van der Waals surface area contributed by atoms with E-state index in [1.807, 2.05) is 12.3 Å². The Kier molecular flexibility index (Phi) is 5.48. The Balaban J connectivity index is 1.54. The van der Waals surface area contributed by atoms with Crippen LogP contribution in [0.4, 0.5) is 0 Å². The SMILES string of the molecule is O=C(OSCCCc1cccnc1)C1CCCN1. The molecule has 0 spiro atoms. The van der Waals surface area contributed by atoms with E-state index in [9.17, 15) is 4.79 Å². The van der Waals surface area contributed by atoms with E-state index in [1.54, 1.807) is 6.20 Å². The first kappa shape index (κ1) is 13.4. The lowest BCUT2D eigenvalue weighted by molar-refractivity contribution is -0.134. The quantitative estimate of drug-likeness (QED) is 0.630. The summed E-state index contributed by atoms with van der Waals surface area (Å²) in [7, 11) is 0. The summed E-state index contributed by atoms with van der Waals surface area (Å²) in [6.07, 6.45) is 7.57. The molecule has 0 aliphatic carbocycles. The number of hydrogen-bond acceptors (Lipinski definition) is 5. The highest BCUT2D eigenvalue weighted by atomic mass is 32.2. The number of carbonyl (C=O) groups excluding carboxylic acids is 1. The van der Waals surface area contributed by atoms with Crippen molar-refractivity contribution in [1.29, 1.82) is 0 Å². The van der Waals surface area contributed by atoms with E-state index < -0.39 is 0 Å². The van der Waals surface area contributed by atoms with Gasteiger partial charge < -0.3 is 9.50 Å². The summed E-state index contributed by atoms with van der Waals surface area (Å²) in [5.41, 5.74) is 1.22. The summed E-state index contributed by atoms with van der Waals surface area (Å²) in [4.78, 5) is 15.6. The van der Waals surface area contributed by atoms with Gasteiger partial charge in [0.1, 0.15) is 6.04 Å². The van der Waals surface area contributed by atoms with Gasteiger partial charge in [-0.1, -0.05) is 6.07 Å². The van der Waals surface area contributed by atoms with Crippen molar-refractivity contribution >= 4 is 18.0 Å². The third-order valence-electron chi connectivity index (χ3n) is 2.90. The Morgan fingerprint density at radius 1 is 1.61 bits per heavy atom. The first-order chi connectivity index (χ1) is 8.86. The number of pyridine rings is 1.